The monoisotopic (exact) mass is 352 g/mol. The number of hydrogen-bond donors (Lipinski definition) is 0. The molecule has 0 unspecified atom stereocenters. The maximum atomic E-state index is 12.5. The fourth-order valence-corrected chi connectivity index (χ4v) is 3.34. The number of nitro benzene ring substituents is 1. The highest BCUT2D eigenvalue weighted by Gasteiger charge is 2.28. The van der Waals surface area contributed by atoms with Gasteiger partial charge in [0.05, 0.1) is 11.3 Å². The highest BCUT2D eigenvalue weighted by molar-refractivity contribution is 5.98. The topological polar surface area (TPSA) is 80.5 Å². The minimum atomic E-state index is -0.465. The maximum Gasteiger partial charge on any atom is 0.273 e. The number of Topliss-reactive ketones (excluding diaryl/α,β-unsaturated/α-hetero) is 1. The summed E-state index contributed by atoms with van der Waals surface area (Å²) in [6.45, 7) is 1.01. The normalized spacial score (nSPS) is 14.8. The highest BCUT2D eigenvalue weighted by Crippen LogP contribution is 2.24. The third-order valence-corrected chi connectivity index (χ3v) is 4.81. The average Bonchev–Trinajstić information content (AvgIpc) is 2.68. The third kappa shape index (κ3) is 3.96. The van der Waals surface area contributed by atoms with Gasteiger partial charge in [0.15, 0.2) is 5.78 Å². The van der Waals surface area contributed by atoms with Crippen LogP contribution in [0.15, 0.2) is 54.6 Å². The molecule has 1 aliphatic rings. The quantitative estimate of drug-likeness (QED) is 0.470. The fourth-order valence-electron chi connectivity index (χ4n) is 3.34. The van der Waals surface area contributed by atoms with Crippen LogP contribution in [-0.2, 0) is 11.2 Å². The first-order chi connectivity index (χ1) is 12.6. The van der Waals surface area contributed by atoms with Gasteiger partial charge in [0.1, 0.15) is 0 Å². The third-order valence-electron chi connectivity index (χ3n) is 4.81. The van der Waals surface area contributed by atoms with Crippen LogP contribution in [-0.4, -0.2) is 34.6 Å². The Morgan fingerprint density at radius 2 is 1.62 bits per heavy atom. The van der Waals surface area contributed by atoms with Crippen LogP contribution in [0.2, 0.25) is 0 Å². The average molecular weight is 352 g/mol. The molecule has 1 amide bonds. The first-order valence-corrected chi connectivity index (χ1v) is 8.65. The van der Waals surface area contributed by atoms with Gasteiger partial charge < -0.3 is 4.90 Å². The van der Waals surface area contributed by atoms with Crippen LogP contribution in [0.4, 0.5) is 5.69 Å². The molecular weight excluding hydrogens is 332 g/mol. The van der Waals surface area contributed by atoms with Gasteiger partial charge in [-0.15, -0.1) is 0 Å². The van der Waals surface area contributed by atoms with Crippen LogP contribution in [0.1, 0.15) is 28.8 Å². The molecule has 2 aromatic carbocycles. The number of ketones is 1. The summed E-state index contributed by atoms with van der Waals surface area (Å²) in [6.07, 6.45) is 1.25. The number of hydrogen-bond acceptors (Lipinski definition) is 4. The first kappa shape index (κ1) is 17.8. The first-order valence-electron chi connectivity index (χ1n) is 8.65. The number of carbonyl (C=O) groups excluding carboxylic acids is 2. The molecule has 1 saturated heterocycles. The minimum Gasteiger partial charge on any atom is -0.342 e. The van der Waals surface area contributed by atoms with Crippen molar-refractivity contribution in [2.24, 2.45) is 5.92 Å². The summed E-state index contributed by atoms with van der Waals surface area (Å²) in [7, 11) is 0. The fraction of sp³-hybridized carbons (Fsp3) is 0.300. The molecule has 0 saturated carbocycles. The van der Waals surface area contributed by atoms with Crippen LogP contribution in [0.3, 0.4) is 0 Å². The minimum absolute atomic E-state index is 0.00838. The van der Waals surface area contributed by atoms with E-state index in [1.807, 2.05) is 30.3 Å². The molecular formula is C20H20N2O4. The molecule has 26 heavy (non-hydrogen) atoms. The molecule has 1 heterocycles. The largest absolute Gasteiger partial charge is 0.342 e. The molecule has 1 aliphatic heterocycles. The van der Waals surface area contributed by atoms with Crippen molar-refractivity contribution >= 4 is 17.4 Å². The van der Waals surface area contributed by atoms with Gasteiger partial charge in [0.2, 0.25) is 5.91 Å². The van der Waals surface area contributed by atoms with E-state index in [2.05, 4.69) is 0 Å². The zero-order valence-electron chi connectivity index (χ0n) is 14.3. The Balaban J connectivity index is 1.59. The van der Waals surface area contributed by atoms with Gasteiger partial charge in [0.25, 0.3) is 5.69 Å². The van der Waals surface area contributed by atoms with E-state index in [-0.39, 0.29) is 29.7 Å². The standard InChI is InChI=1S/C20H20N2O4/c23-19(14-17-8-4-5-9-18(17)22(25)26)21-12-10-16(11-13-21)20(24)15-6-2-1-3-7-15/h1-9,16H,10-14H2. The molecule has 0 bridgehead atoms. The molecule has 6 nitrogen and oxygen atoms in total. The molecule has 134 valence electrons. The number of piperidine rings is 1. The molecule has 0 atom stereocenters. The Morgan fingerprint density at radius 1 is 1.00 bits per heavy atom. The second-order valence-electron chi connectivity index (χ2n) is 6.45. The van der Waals surface area contributed by atoms with Gasteiger partial charge in [-0.2, -0.15) is 0 Å². The van der Waals surface area contributed by atoms with Crippen molar-refractivity contribution in [3.8, 4) is 0 Å². The van der Waals surface area contributed by atoms with Gasteiger partial charge >= 0.3 is 0 Å². The van der Waals surface area contributed by atoms with Gasteiger partial charge in [-0.3, -0.25) is 19.7 Å². The van der Waals surface area contributed by atoms with Crippen LogP contribution in [0.5, 0.6) is 0 Å². The number of amides is 1. The van der Waals surface area contributed by atoms with E-state index >= 15 is 0 Å². The Kier molecular flexibility index (Phi) is 5.41. The van der Waals surface area contributed by atoms with Crippen molar-refractivity contribution in [2.45, 2.75) is 19.3 Å². The zero-order chi connectivity index (χ0) is 18.5. The van der Waals surface area contributed by atoms with Gasteiger partial charge in [-0.1, -0.05) is 48.5 Å². The summed E-state index contributed by atoms with van der Waals surface area (Å²) in [5.41, 5.74) is 1.09. The molecule has 0 aromatic heterocycles. The number of likely N-dealkylation sites (tertiary alicyclic amines) is 1. The highest BCUT2D eigenvalue weighted by atomic mass is 16.6. The number of rotatable bonds is 5. The van der Waals surface area contributed by atoms with Crippen LogP contribution < -0.4 is 0 Å². The number of para-hydroxylation sites is 1. The number of carbonyl (C=O) groups is 2. The number of benzene rings is 2. The predicted molar refractivity (Wildman–Crippen MR) is 96.9 cm³/mol. The summed E-state index contributed by atoms with van der Waals surface area (Å²) in [5, 5.41) is 11.1. The van der Waals surface area contributed by atoms with E-state index in [1.54, 1.807) is 23.1 Å². The van der Waals surface area contributed by atoms with Crippen molar-refractivity contribution in [1.29, 1.82) is 0 Å². The number of nitrogens with zero attached hydrogens (tertiary/aromatic N) is 2. The van der Waals surface area contributed by atoms with Crippen molar-refractivity contribution in [1.82, 2.24) is 4.90 Å². The second kappa shape index (κ2) is 7.91. The van der Waals surface area contributed by atoms with Crippen molar-refractivity contribution in [2.75, 3.05) is 13.1 Å². The van der Waals surface area contributed by atoms with Crippen LogP contribution in [0, 0.1) is 16.0 Å². The lowest BCUT2D eigenvalue weighted by atomic mass is 9.88. The van der Waals surface area contributed by atoms with E-state index in [1.165, 1.54) is 6.07 Å². The summed E-state index contributed by atoms with van der Waals surface area (Å²) in [6, 6.07) is 15.5. The molecule has 0 spiro atoms. The molecule has 0 N–H and O–H groups in total. The Hall–Kier alpha value is -3.02. The summed E-state index contributed by atoms with van der Waals surface area (Å²) in [4.78, 5) is 37.3. The van der Waals surface area contributed by atoms with E-state index < -0.39 is 4.92 Å². The number of nitro groups is 1. The molecule has 1 fully saturated rings. The molecule has 6 heteroatoms. The van der Waals surface area contributed by atoms with Crippen LogP contribution in [0.25, 0.3) is 0 Å². The zero-order valence-corrected chi connectivity index (χ0v) is 14.3. The maximum absolute atomic E-state index is 12.5. The van der Waals surface area contributed by atoms with Crippen molar-refractivity contribution < 1.29 is 14.5 Å². The van der Waals surface area contributed by atoms with Crippen molar-refractivity contribution in [3.05, 3.63) is 75.8 Å². The van der Waals surface area contributed by atoms with Crippen molar-refractivity contribution in [3.63, 3.8) is 0 Å². The summed E-state index contributed by atoms with van der Waals surface area (Å²) >= 11 is 0. The lowest BCUT2D eigenvalue weighted by molar-refractivity contribution is -0.385. The Morgan fingerprint density at radius 3 is 2.27 bits per heavy atom. The van der Waals surface area contributed by atoms with E-state index in [9.17, 15) is 19.7 Å². The second-order valence-corrected chi connectivity index (χ2v) is 6.45. The molecule has 0 aliphatic carbocycles. The molecule has 3 rings (SSSR count). The lowest BCUT2D eigenvalue weighted by Gasteiger charge is -2.31. The predicted octanol–water partition coefficient (Wildman–Crippen LogP) is 3.26. The Labute approximate surface area is 151 Å². The summed E-state index contributed by atoms with van der Waals surface area (Å²) in [5.74, 6) is -0.0891. The Bertz CT molecular complexity index is 812. The van der Waals surface area contributed by atoms with Crippen LogP contribution >= 0.6 is 0 Å². The molecule has 0 radical (unpaired) electrons. The lowest BCUT2D eigenvalue weighted by Crippen LogP contribution is -2.41. The van der Waals surface area contributed by atoms with Gasteiger partial charge in [-0.25, -0.2) is 0 Å². The SMILES string of the molecule is O=C(c1ccccc1)C1CCN(C(=O)Cc2ccccc2[N+](=O)[O-])CC1. The molecule has 2 aromatic rings. The van der Waals surface area contributed by atoms with E-state index in [0.717, 1.165) is 0 Å². The summed E-state index contributed by atoms with van der Waals surface area (Å²) < 4.78 is 0. The van der Waals surface area contributed by atoms with Gasteiger partial charge in [0, 0.05) is 36.2 Å². The van der Waals surface area contributed by atoms with E-state index in [0.29, 0.717) is 37.1 Å². The van der Waals surface area contributed by atoms with Gasteiger partial charge in [-0.05, 0) is 12.8 Å². The van der Waals surface area contributed by atoms with E-state index in [4.69, 9.17) is 0 Å². The smallest absolute Gasteiger partial charge is 0.273 e.